The predicted molar refractivity (Wildman–Crippen MR) is 115 cm³/mol. The molecule has 2 rings (SSSR count). The van der Waals surface area contributed by atoms with E-state index in [1.165, 1.54) is 17.4 Å². The summed E-state index contributed by atoms with van der Waals surface area (Å²) in [6.07, 6.45) is 5.18. The van der Waals surface area contributed by atoms with E-state index in [1.54, 1.807) is 0 Å². The number of guanidine groups is 1. The van der Waals surface area contributed by atoms with E-state index in [4.69, 9.17) is 5.73 Å². The van der Waals surface area contributed by atoms with Gasteiger partial charge in [-0.1, -0.05) is 18.9 Å². The van der Waals surface area contributed by atoms with Gasteiger partial charge in [0, 0.05) is 18.3 Å². The normalized spacial score (nSPS) is 21.5. The Morgan fingerprint density at radius 1 is 1.24 bits per heavy atom. The molecule has 4 N–H and O–H groups in total. The van der Waals surface area contributed by atoms with Crippen molar-refractivity contribution >= 4 is 45.6 Å². The monoisotopic (exact) mass is 480 g/mol. The van der Waals surface area contributed by atoms with Gasteiger partial charge in [0.1, 0.15) is 0 Å². The molecule has 1 aromatic rings. The molecule has 2 atom stereocenters. The van der Waals surface area contributed by atoms with Crippen LogP contribution in [0.25, 0.3) is 0 Å². The number of benzene rings is 1. The van der Waals surface area contributed by atoms with E-state index in [0.29, 0.717) is 12.5 Å². The summed E-state index contributed by atoms with van der Waals surface area (Å²) in [5, 5.41) is 3.10. The first-order valence-corrected chi connectivity index (χ1v) is 10.3. The Morgan fingerprint density at radius 3 is 2.56 bits per heavy atom. The van der Waals surface area contributed by atoms with Crippen LogP contribution in [0.5, 0.6) is 0 Å². The number of sulfonamides is 1. The molecule has 0 aliphatic heterocycles. The van der Waals surface area contributed by atoms with Gasteiger partial charge >= 0.3 is 0 Å². The third-order valence-corrected chi connectivity index (χ3v) is 5.28. The van der Waals surface area contributed by atoms with Gasteiger partial charge in [-0.3, -0.25) is 4.99 Å². The van der Waals surface area contributed by atoms with Crippen LogP contribution in [-0.4, -0.2) is 33.2 Å². The summed E-state index contributed by atoms with van der Waals surface area (Å²) in [6.45, 7) is 4.64. The maximum absolute atomic E-state index is 11.5. The molecular formula is C17H29IN4O2S. The van der Waals surface area contributed by atoms with Crippen molar-refractivity contribution < 1.29 is 8.42 Å². The molecule has 6 nitrogen and oxygen atoms in total. The minimum absolute atomic E-state index is 0. The van der Waals surface area contributed by atoms with Crippen LogP contribution in [-0.2, 0) is 10.0 Å². The molecule has 0 aromatic heterocycles. The summed E-state index contributed by atoms with van der Waals surface area (Å²) in [7, 11) is -3.20. The summed E-state index contributed by atoms with van der Waals surface area (Å²) < 4.78 is 25.7. The van der Waals surface area contributed by atoms with Crippen LogP contribution in [0.4, 0.5) is 5.69 Å². The highest BCUT2D eigenvalue weighted by atomic mass is 127. The number of hydrogen-bond donors (Lipinski definition) is 3. The van der Waals surface area contributed by atoms with Crippen molar-refractivity contribution in [3.8, 4) is 0 Å². The zero-order valence-electron chi connectivity index (χ0n) is 15.1. The fraction of sp³-hybridized carbons (Fsp3) is 0.588. The quantitative estimate of drug-likeness (QED) is 0.343. The summed E-state index contributed by atoms with van der Waals surface area (Å²) >= 11 is 0. The SMILES string of the molecule is Cc1ccc(NC(N)=NCC2CCCCC2NS(C)(=O)=O)cc1C.I. The molecule has 1 saturated carbocycles. The molecule has 0 saturated heterocycles. The molecule has 0 amide bonds. The summed E-state index contributed by atoms with van der Waals surface area (Å²) in [4.78, 5) is 4.42. The zero-order chi connectivity index (χ0) is 17.7. The summed E-state index contributed by atoms with van der Waals surface area (Å²) in [6, 6.07) is 6.00. The van der Waals surface area contributed by atoms with E-state index in [1.807, 2.05) is 18.2 Å². The van der Waals surface area contributed by atoms with Gasteiger partial charge in [0.2, 0.25) is 10.0 Å². The number of halogens is 1. The lowest BCUT2D eigenvalue weighted by atomic mass is 9.85. The molecule has 142 valence electrons. The van der Waals surface area contributed by atoms with Crippen molar-refractivity contribution in [1.82, 2.24) is 4.72 Å². The highest BCUT2D eigenvalue weighted by Crippen LogP contribution is 2.25. The second-order valence-corrected chi connectivity index (χ2v) is 8.47. The van der Waals surface area contributed by atoms with Crippen molar-refractivity contribution in [2.45, 2.75) is 45.6 Å². The average molecular weight is 480 g/mol. The van der Waals surface area contributed by atoms with E-state index in [-0.39, 0.29) is 35.9 Å². The second kappa shape index (κ2) is 9.72. The molecule has 1 aromatic carbocycles. The predicted octanol–water partition coefficient (Wildman–Crippen LogP) is 2.76. The van der Waals surface area contributed by atoms with Crippen LogP contribution in [0.3, 0.4) is 0 Å². The number of aliphatic imine (C=N–C) groups is 1. The third-order valence-electron chi connectivity index (χ3n) is 4.55. The highest BCUT2D eigenvalue weighted by Gasteiger charge is 2.27. The number of hydrogen-bond acceptors (Lipinski definition) is 3. The lowest BCUT2D eigenvalue weighted by molar-refractivity contribution is 0.297. The van der Waals surface area contributed by atoms with Crippen molar-refractivity contribution in [1.29, 1.82) is 0 Å². The molecule has 1 fully saturated rings. The molecule has 0 radical (unpaired) electrons. The van der Waals surface area contributed by atoms with Gasteiger partial charge in [-0.25, -0.2) is 13.1 Å². The topological polar surface area (TPSA) is 96.6 Å². The van der Waals surface area contributed by atoms with Crippen molar-refractivity contribution in [2.75, 3.05) is 18.1 Å². The molecular weight excluding hydrogens is 451 g/mol. The van der Waals surface area contributed by atoms with Crippen LogP contribution < -0.4 is 15.8 Å². The number of aryl methyl sites for hydroxylation is 2. The number of nitrogens with one attached hydrogen (secondary N) is 2. The number of anilines is 1. The lowest BCUT2D eigenvalue weighted by Gasteiger charge is -2.30. The summed E-state index contributed by atoms with van der Waals surface area (Å²) in [5.74, 6) is 0.551. The average Bonchev–Trinajstić information content (AvgIpc) is 2.48. The Balaban J connectivity index is 0.00000312. The van der Waals surface area contributed by atoms with E-state index in [2.05, 4.69) is 28.9 Å². The van der Waals surface area contributed by atoms with Crippen molar-refractivity contribution in [3.05, 3.63) is 29.3 Å². The maximum Gasteiger partial charge on any atom is 0.208 e. The maximum atomic E-state index is 11.5. The smallest absolute Gasteiger partial charge is 0.208 e. The fourth-order valence-corrected chi connectivity index (χ4v) is 3.94. The Bertz CT molecular complexity index is 707. The minimum atomic E-state index is -3.20. The Kier molecular flexibility index (Phi) is 8.62. The second-order valence-electron chi connectivity index (χ2n) is 6.69. The fourth-order valence-electron chi connectivity index (χ4n) is 3.08. The van der Waals surface area contributed by atoms with Crippen molar-refractivity contribution in [2.24, 2.45) is 16.6 Å². The van der Waals surface area contributed by atoms with Crippen LogP contribution in [0.1, 0.15) is 36.8 Å². The van der Waals surface area contributed by atoms with Gasteiger partial charge in [0.15, 0.2) is 5.96 Å². The molecule has 2 unspecified atom stereocenters. The Morgan fingerprint density at radius 2 is 1.92 bits per heavy atom. The molecule has 25 heavy (non-hydrogen) atoms. The van der Waals surface area contributed by atoms with Crippen molar-refractivity contribution in [3.63, 3.8) is 0 Å². The lowest BCUT2D eigenvalue weighted by Crippen LogP contribution is -2.43. The van der Waals surface area contributed by atoms with E-state index in [9.17, 15) is 8.42 Å². The summed E-state index contributed by atoms with van der Waals surface area (Å²) in [5.41, 5.74) is 9.32. The van der Waals surface area contributed by atoms with Gasteiger partial charge in [-0.15, -0.1) is 24.0 Å². The van der Waals surface area contributed by atoms with Gasteiger partial charge in [-0.05, 0) is 55.9 Å². The Hall–Kier alpha value is -0.870. The van der Waals surface area contributed by atoms with Gasteiger partial charge in [-0.2, -0.15) is 0 Å². The first-order chi connectivity index (χ1) is 11.2. The third kappa shape index (κ3) is 7.49. The molecule has 8 heteroatoms. The van der Waals surface area contributed by atoms with Crippen LogP contribution >= 0.6 is 24.0 Å². The number of nitrogens with zero attached hydrogens (tertiary/aromatic N) is 1. The minimum Gasteiger partial charge on any atom is -0.370 e. The molecule has 0 heterocycles. The zero-order valence-corrected chi connectivity index (χ0v) is 18.2. The van der Waals surface area contributed by atoms with E-state index < -0.39 is 10.0 Å². The molecule has 1 aliphatic rings. The molecule has 0 bridgehead atoms. The van der Waals surface area contributed by atoms with Gasteiger partial charge in [0.25, 0.3) is 0 Å². The van der Waals surface area contributed by atoms with Crippen LogP contribution in [0.15, 0.2) is 23.2 Å². The molecule has 1 aliphatic carbocycles. The highest BCUT2D eigenvalue weighted by molar-refractivity contribution is 14.0. The largest absolute Gasteiger partial charge is 0.370 e. The van der Waals surface area contributed by atoms with Crippen LogP contribution in [0.2, 0.25) is 0 Å². The standard InChI is InChI=1S/C17H28N4O2S.HI/c1-12-8-9-15(10-13(12)2)20-17(18)19-11-14-6-4-5-7-16(14)21-24(3,22)23;/h8-10,14,16,21H,4-7,11H2,1-3H3,(H3,18,19,20);1H. The Labute approximate surface area is 168 Å². The number of nitrogens with two attached hydrogens (primary N) is 1. The first kappa shape index (κ1) is 22.2. The molecule has 0 spiro atoms. The number of rotatable bonds is 5. The van der Waals surface area contributed by atoms with Crippen LogP contribution in [0, 0.1) is 19.8 Å². The van der Waals surface area contributed by atoms with E-state index in [0.717, 1.165) is 31.4 Å². The van der Waals surface area contributed by atoms with Gasteiger partial charge < -0.3 is 11.1 Å². The van der Waals surface area contributed by atoms with Gasteiger partial charge in [0.05, 0.1) is 6.26 Å². The van der Waals surface area contributed by atoms with E-state index >= 15 is 0 Å². The first-order valence-electron chi connectivity index (χ1n) is 8.36.